The van der Waals surface area contributed by atoms with Crippen LogP contribution in [-0.4, -0.2) is 19.5 Å². The van der Waals surface area contributed by atoms with Gasteiger partial charge in [0.15, 0.2) is 0 Å². The Morgan fingerprint density at radius 1 is 1.41 bits per heavy atom. The van der Waals surface area contributed by atoms with Crippen LogP contribution >= 0.6 is 0 Å². The van der Waals surface area contributed by atoms with Gasteiger partial charge in [-0.2, -0.15) is 8.78 Å². The fourth-order valence-electron chi connectivity index (χ4n) is 1.93. The van der Waals surface area contributed by atoms with Crippen LogP contribution in [0.1, 0.15) is 17.5 Å². The number of rotatable bonds is 3. The number of hydrogen-bond acceptors (Lipinski definition) is 2. The van der Waals surface area contributed by atoms with E-state index in [2.05, 4.69) is 10.6 Å². The maximum absolute atomic E-state index is 13.7. The summed E-state index contributed by atoms with van der Waals surface area (Å²) in [5, 5.41) is 5.14. The summed E-state index contributed by atoms with van der Waals surface area (Å²) in [6, 6.07) is 4.39. The molecule has 0 saturated carbocycles. The van der Waals surface area contributed by atoms with Crippen molar-refractivity contribution in [2.45, 2.75) is 18.8 Å². The van der Waals surface area contributed by atoms with Gasteiger partial charge in [0.05, 0.1) is 6.54 Å². The van der Waals surface area contributed by atoms with Crippen molar-refractivity contribution in [2.24, 2.45) is 0 Å². The number of alkyl halides is 2. The second-order valence-corrected chi connectivity index (χ2v) is 4.15. The molecule has 0 fully saturated rings. The number of fused-ring (bicyclic) bond motifs is 1. The number of hydrogen-bond donors (Lipinski definition) is 2. The van der Waals surface area contributed by atoms with E-state index >= 15 is 0 Å². The van der Waals surface area contributed by atoms with Crippen LogP contribution in [0.3, 0.4) is 0 Å². The number of amides is 1. The maximum Gasteiger partial charge on any atom is 0.285 e. The van der Waals surface area contributed by atoms with Crippen LogP contribution in [0.5, 0.6) is 0 Å². The molecule has 0 aliphatic carbocycles. The van der Waals surface area contributed by atoms with Gasteiger partial charge in [-0.1, -0.05) is 6.07 Å². The largest absolute Gasteiger partial charge is 0.326 e. The zero-order valence-electron chi connectivity index (χ0n) is 9.52. The molecule has 0 aromatic heterocycles. The molecule has 0 radical (unpaired) electrons. The molecule has 2 rings (SSSR count). The first-order chi connectivity index (χ1) is 8.03. The van der Waals surface area contributed by atoms with Crippen molar-refractivity contribution < 1.29 is 13.6 Å². The summed E-state index contributed by atoms with van der Waals surface area (Å²) in [7, 11) is 1.49. The summed E-state index contributed by atoms with van der Waals surface area (Å²) in [6.07, 6.45) is 0.874. The van der Waals surface area contributed by atoms with Crippen LogP contribution in [0.4, 0.5) is 14.5 Å². The van der Waals surface area contributed by atoms with Gasteiger partial charge in [0.2, 0.25) is 5.91 Å². The van der Waals surface area contributed by atoms with Gasteiger partial charge < -0.3 is 10.6 Å². The number of aryl methyl sites for hydroxylation is 1. The van der Waals surface area contributed by atoms with Gasteiger partial charge in [-0.25, -0.2) is 0 Å². The van der Waals surface area contributed by atoms with E-state index in [0.29, 0.717) is 18.5 Å². The summed E-state index contributed by atoms with van der Waals surface area (Å²) >= 11 is 0. The van der Waals surface area contributed by atoms with Gasteiger partial charge in [-0.3, -0.25) is 4.79 Å². The predicted molar refractivity (Wildman–Crippen MR) is 61.2 cm³/mol. The van der Waals surface area contributed by atoms with Crippen LogP contribution in [0, 0.1) is 0 Å². The second kappa shape index (κ2) is 4.41. The summed E-state index contributed by atoms with van der Waals surface area (Å²) in [5.74, 6) is -2.95. The Kier molecular flexibility index (Phi) is 3.11. The standard InChI is InChI=1S/C12H14F2N2O/c1-15-7-12(13,14)9-3-4-10-8(6-9)2-5-11(17)16-10/h3-4,6,15H,2,5,7H2,1H3,(H,16,17). The van der Waals surface area contributed by atoms with Gasteiger partial charge in [0.1, 0.15) is 0 Å². The van der Waals surface area contributed by atoms with Crippen molar-refractivity contribution in [3.8, 4) is 0 Å². The molecule has 0 bridgehead atoms. The average Bonchev–Trinajstić information content (AvgIpc) is 2.28. The second-order valence-electron chi connectivity index (χ2n) is 4.15. The molecule has 1 aliphatic rings. The molecular weight excluding hydrogens is 226 g/mol. The number of halogens is 2. The summed E-state index contributed by atoms with van der Waals surface area (Å²) in [5.41, 5.74) is 1.41. The predicted octanol–water partition coefficient (Wildman–Crippen LogP) is 1.88. The first-order valence-electron chi connectivity index (χ1n) is 5.48. The number of nitrogens with one attached hydrogen (secondary N) is 2. The molecule has 0 spiro atoms. The van der Waals surface area contributed by atoms with Crippen LogP contribution in [0.2, 0.25) is 0 Å². The minimum Gasteiger partial charge on any atom is -0.326 e. The van der Waals surface area contributed by atoms with Gasteiger partial charge in [-0.15, -0.1) is 0 Å². The zero-order valence-corrected chi connectivity index (χ0v) is 9.52. The van der Waals surface area contributed by atoms with E-state index in [0.717, 1.165) is 5.56 Å². The van der Waals surface area contributed by atoms with Gasteiger partial charge >= 0.3 is 0 Å². The molecule has 5 heteroatoms. The molecule has 3 nitrogen and oxygen atoms in total. The SMILES string of the molecule is CNCC(F)(F)c1ccc2c(c1)CCC(=O)N2. The van der Waals surface area contributed by atoms with E-state index < -0.39 is 12.5 Å². The number of carbonyl (C=O) groups is 1. The third-order valence-corrected chi connectivity index (χ3v) is 2.82. The molecule has 1 aliphatic heterocycles. The minimum absolute atomic E-state index is 0.0123. The molecule has 0 saturated heterocycles. The summed E-state index contributed by atoms with van der Waals surface area (Å²) < 4.78 is 27.3. The van der Waals surface area contributed by atoms with Crippen molar-refractivity contribution in [3.05, 3.63) is 29.3 Å². The third kappa shape index (κ3) is 2.44. The fraction of sp³-hybridized carbons (Fsp3) is 0.417. The summed E-state index contributed by atoms with van der Waals surface area (Å²) in [4.78, 5) is 11.1. The lowest BCUT2D eigenvalue weighted by molar-refractivity contribution is -0.116. The van der Waals surface area contributed by atoms with Crippen LogP contribution in [-0.2, 0) is 17.1 Å². The van der Waals surface area contributed by atoms with Crippen molar-refractivity contribution in [3.63, 3.8) is 0 Å². The molecule has 2 N–H and O–H groups in total. The number of benzene rings is 1. The third-order valence-electron chi connectivity index (χ3n) is 2.82. The molecule has 1 heterocycles. The maximum atomic E-state index is 13.7. The first-order valence-corrected chi connectivity index (χ1v) is 5.48. The lowest BCUT2D eigenvalue weighted by Crippen LogP contribution is -2.28. The highest BCUT2D eigenvalue weighted by Gasteiger charge is 2.31. The number of anilines is 1. The molecule has 1 aromatic rings. The highest BCUT2D eigenvalue weighted by atomic mass is 19.3. The zero-order chi connectivity index (χ0) is 12.5. The Labute approximate surface area is 98.2 Å². The van der Waals surface area contributed by atoms with E-state index in [4.69, 9.17) is 0 Å². The first kappa shape index (κ1) is 12.0. The molecular formula is C12H14F2N2O. The Hall–Kier alpha value is -1.49. The monoisotopic (exact) mass is 240 g/mol. The van der Waals surface area contributed by atoms with Crippen molar-refractivity contribution in [1.82, 2.24) is 5.32 Å². The highest BCUT2D eigenvalue weighted by Crippen LogP contribution is 2.32. The molecule has 0 atom stereocenters. The molecule has 92 valence electrons. The lowest BCUT2D eigenvalue weighted by Gasteiger charge is -2.21. The van der Waals surface area contributed by atoms with E-state index in [1.807, 2.05) is 0 Å². The van der Waals surface area contributed by atoms with Gasteiger partial charge in [0, 0.05) is 17.7 Å². The summed E-state index contributed by atoms with van der Waals surface area (Å²) in [6.45, 7) is -0.391. The molecule has 1 aromatic carbocycles. The van der Waals surface area contributed by atoms with Gasteiger partial charge in [-0.05, 0) is 31.2 Å². The van der Waals surface area contributed by atoms with Crippen LogP contribution in [0.25, 0.3) is 0 Å². The molecule has 1 amide bonds. The molecule has 17 heavy (non-hydrogen) atoms. The number of likely N-dealkylation sites (N-methyl/N-ethyl adjacent to an activating group) is 1. The van der Waals surface area contributed by atoms with E-state index in [1.54, 1.807) is 6.07 Å². The Morgan fingerprint density at radius 2 is 2.18 bits per heavy atom. The smallest absolute Gasteiger partial charge is 0.285 e. The quantitative estimate of drug-likeness (QED) is 0.847. The Morgan fingerprint density at radius 3 is 2.88 bits per heavy atom. The van der Waals surface area contributed by atoms with Crippen molar-refractivity contribution in [1.29, 1.82) is 0 Å². The number of carbonyl (C=O) groups excluding carboxylic acids is 1. The normalized spacial score (nSPS) is 15.4. The highest BCUT2D eigenvalue weighted by molar-refractivity contribution is 5.93. The fourth-order valence-corrected chi connectivity index (χ4v) is 1.93. The average molecular weight is 240 g/mol. The molecule has 0 unspecified atom stereocenters. The van der Waals surface area contributed by atoms with Crippen LogP contribution in [0.15, 0.2) is 18.2 Å². The van der Waals surface area contributed by atoms with Crippen LogP contribution < -0.4 is 10.6 Å². The van der Waals surface area contributed by atoms with Gasteiger partial charge in [0.25, 0.3) is 5.92 Å². The Balaban J connectivity index is 2.30. The minimum atomic E-state index is -2.88. The van der Waals surface area contributed by atoms with E-state index in [-0.39, 0.29) is 11.5 Å². The lowest BCUT2D eigenvalue weighted by atomic mass is 9.98. The van der Waals surface area contributed by atoms with Crippen molar-refractivity contribution >= 4 is 11.6 Å². The van der Waals surface area contributed by atoms with E-state index in [9.17, 15) is 13.6 Å². The van der Waals surface area contributed by atoms with E-state index in [1.165, 1.54) is 19.2 Å². The topological polar surface area (TPSA) is 41.1 Å². The Bertz CT molecular complexity index is 446. The van der Waals surface area contributed by atoms with Crippen molar-refractivity contribution in [2.75, 3.05) is 18.9 Å².